The topological polar surface area (TPSA) is 41.8 Å². The maximum Gasteiger partial charge on any atom is 0.119 e. The van der Waals surface area contributed by atoms with Crippen LogP contribution < -0.4 is 4.74 Å². The van der Waals surface area contributed by atoms with E-state index in [-0.39, 0.29) is 0 Å². The van der Waals surface area contributed by atoms with Crippen LogP contribution in [0.5, 0.6) is 5.75 Å². The van der Waals surface area contributed by atoms with Crippen molar-refractivity contribution in [2.75, 3.05) is 7.11 Å². The van der Waals surface area contributed by atoms with Crippen molar-refractivity contribution in [2.45, 2.75) is 19.3 Å². The van der Waals surface area contributed by atoms with Gasteiger partial charge in [0.05, 0.1) is 12.8 Å². The molecular formula is C11H13NO2. The molecule has 0 atom stereocenters. The van der Waals surface area contributed by atoms with Gasteiger partial charge in [-0.15, -0.1) is 0 Å². The number of aryl methyl sites for hydroxylation is 1. The van der Waals surface area contributed by atoms with E-state index in [1.165, 1.54) is 11.1 Å². The van der Waals surface area contributed by atoms with Crippen molar-refractivity contribution >= 4 is 5.71 Å². The molecule has 1 aromatic rings. The molecule has 14 heavy (non-hydrogen) atoms. The average molecular weight is 191 g/mol. The lowest BCUT2D eigenvalue weighted by molar-refractivity contribution is 0.316. The first-order chi connectivity index (χ1) is 6.83. The van der Waals surface area contributed by atoms with Gasteiger partial charge in [0, 0.05) is 6.42 Å². The Kier molecular flexibility index (Phi) is 2.39. The van der Waals surface area contributed by atoms with Crippen LogP contribution in [-0.2, 0) is 12.8 Å². The van der Waals surface area contributed by atoms with E-state index in [9.17, 15) is 0 Å². The molecule has 0 unspecified atom stereocenters. The van der Waals surface area contributed by atoms with Crippen molar-refractivity contribution in [3.05, 3.63) is 29.3 Å². The van der Waals surface area contributed by atoms with Crippen LogP contribution in [-0.4, -0.2) is 18.0 Å². The van der Waals surface area contributed by atoms with Crippen molar-refractivity contribution in [3.8, 4) is 5.75 Å². The van der Waals surface area contributed by atoms with E-state index in [2.05, 4.69) is 11.2 Å². The zero-order chi connectivity index (χ0) is 9.97. The number of benzene rings is 1. The van der Waals surface area contributed by atoms with Crippen LogP contribution in [0.1, 0.15) is 17.5 Å². The van der Waals surface area contributed by atoms with Gasteiger partial charge in [-0.05, 0) is 36.1 Å². The number of oxime groups is 1. The molecule has 1 aliphatic carbocycles. The largest absolute Gasteiger partial charge is 0.497 e. The summed E-state index contributed by atoms with van der Waals surface area (Å²) >= 11 is 0. The molecule has 0 amide bonds. The van der Waals surface area contributed by atoms with Gasteiger partial charge in [-0.2, -0.15) is 0 Å². The van der Waals surface area contributed by atoms with E-state index in [0.717, 1.165) is 30.7 Å². The van der Waals surface area contributed by atoms with Crippen molar-refractivity contribution in [1.82, 2.24) is 0 Å². The lowest BCUT2D eigenvalue weighted by Crippen LogP contribution is -2.13. The SMILES string of the molecule is COc1ccc2c(c1)CC(=NO)CC2. The van der Waals surface area contributed by atoms with E-state index in [4.69, 9.17) is 9.94 Å². The summed E-state index contributed by atoms with van der Waals surface area (Å²) in [4.78, 5) is 0. The fourth-order valence-corrected chi connectivity index (χ4v) is 1.81. The number of hydrogen-bond donors (Lipinski definition) is 1. The minimum Gasteiger partial charge on any atom is -0.497 e. The molecule has 0 saturated carbocycles. The molecule has 0 aliphatic heterocycles. The maximum atomic E-state index is 8.70. The normalized spacial score (nSPS) is 17.9. The van der Waals surface area contributed by atoms with Crippen LogP contribution >= 0.6 is 0 Å². The summed E-state index contributed by atoms with van der Waals surface area (Å²) in [5.41, 5.74) is 3.40. The van der Waals surface area contributed by atoms with Gasteiger partial charge in [0.25, 0.3) is 0 Å². The first-order valence-electron chi connectivity index (χ1n) is 4.69. The zero-order valence-corrected chi connectivity index (χ0v) is 8.16. The highest BCUT2D eigenvalue weighted by Gasteiger charge is 2.14. The van der Waals surface area contributed by atoms with Crippen molar-refractivity contribution in [2.24, 2.45) is 5.16 Å². The van der Waals surface area contributed by atoms with Gasteiger partial charge in [-0.1, -0.05) is 11.2 Å². The molecule has 1 aromatic carbocycles. The van der Waals surface area contributed by atoms with E-state index in [1.54, 1.807) is 7.11 Å². The maximum absolute atomic E-state index is 8.70. The zero-order valence-electron chi connectivity index (χ0n) is 8.16. The summed E-state index contributed by atoms with van der Waals surface area (Å²) in [5, 5.41) is 12.0. The summed E-state index contributed by atoms with van der Waals surface area (Å²) in [6.07, 6.45) is 2.55. The number of hydrogen-bond acceptors (Lipinski definition) is 3. The Labute approximate surface area is 83.0 Å². The Morgan fingerprint density at radius 3 is 2.86 bits per heavy atom. The smallest absolute Gasteiger partial charge is 0.119 e. The van der Waals surface area contributed by atoms with Crippen molar-refractivity contribution in [3.63, 3.8) is 0 Å². The highest BCUT2D eigenvalue weighted by atomic mass is 16.5. The lowest BCUT2D eigenvalue weighted by Gasteiger charge is -2.17. The molecule has 1 aliphatic rings. The van der Waals surface area contributed by atoms with E-state index < -0.39 is 0 Å². The highest BCUT2D eigenvalue weighted by Crippen LogP contribution is 2.24. The third kappa shape index (κ3) is 1.58. The van der Waals surface area contributed by atoms with Gasteiger partial charge in [-0.25, -0.2) is 0 Å². The summed E-state index contributed by atoms with van der Waals surface area (Å²) < 4.78 is 5.15. The minimum absolute atomic E-state index is 0.739. The molecule has 74 valence electrons. The Hall–Kier alpha value is -1.51. The van der Waals surface area contributed by atoms with E-state index in [0.29, 0.717) is 0 Å². The predicted molar refractivity (Wildman–Crippen MR) is 54.2 cm³/mol. The molecule has 0 heterocycles. The second-order valence-corrected chi connectivity index (χ2v) is 3.48. The quantitative estimate of drug-likeness (QED) is 0.545. The lowest BCUT2D eigenvalue weighted by atomic mass is 9.90. The third-order valence-corrected chi connectivity index (χ3v) is 2.63. The summed E-state index contributed by atoms with van der Waals surface area (Å²) in [6, 6.07) is 6.07. The first-order valence-corrected chi connectivity index (χ1v) is 4.69. The number of rotatable bonds is 1. The molecule has 2 rings (SSSR count). The van der Waals surface area contributed by atoms with Crippen LogP contribution in [0.4, 0.5) is 0 Å². The molecular weight excluding hydrogens is 178 g/mol. The third-order valence-electron chi connectivity index (χ3n) is 2.63. The molecule has 0 saturated heterocycles. The van der Waals surface area contributed by atoms with Gasteiger partial charge in [0.1, 0.15) is 5.75 Å². The molecule has 3 heteroatoms. The van der Waals surface area contributed by atoms with Gasteiger partial charge in [0.15, 0.2) is 0 Å². The van der Waals surface area contributed by atoms with Crippen LogP contribution in [0.3, 0.4) is 0 Å². The number of ether oxygens (including phenoxy) is 1. The number of nitrogens with zero attached hydrogens (tertiary/aromatic N) is 1. The Morgan fingerprint density at radius 1 is 1.29 bits per heavy atom. The molecule has 0 spiro atoms. The Morgan fingerprint density at radius 2 is 2.14 bits per heavy atom. The summed E-state index contributed by atoms with van der Waals surface area (Å²) in [5.74, 6) is 0.864. The number of methoxy groups -OCH3 is 1. The molecule has 3 nitrogen and oxygen atoms in total. The molecule has 0 radical (unpaired) electrons. The average Bonchev–Trinajstić information content (AvgIpc) is 2.27. The number of fused-ring (bicyclic) bond motifs is 1. The van der Waals surface area contributed by atoms with Gasteiger partial charge in [-0.3, -0.25) is 0 Å². The predicted octanol–water partition coefficient (Wildman–Crippen LogP) is 2.01. The van der Waals surface area contributed by atoms with Gasteiger partial charge >= 0.3 is 0 Å². The molecule has 0 aromatic heterocycles. The van der Waals surface area contributed by atoms with Crippen molar-refractivity contribution in [1.29, 1.82) is 0 Å². The monoisotopic (exact) mass is 191 g/mol. The Bertz CT molecular complexity index is 372. The van der Waals surface area contributed by atoms with E-state index >= 15 is 0 Å². The van der Waals surface area contributed by atoms with Gasteiger partial charge in [0.2, 0.25) is 0 Å². The minimum atomic E-state index is 0.739. The fourth-order valence-electron chi connectivity index (χ4n) is 1.81. The van der Waals surface area contributed by atoms with Crippen LogP contribution in [0.15, 0.2) is 23.4 Å². The van der Waals surface area contributed by atoms with Crippen molar-refractivity contribution < 1.29 is 9.94 Å². The van der Waals surface area contributed by atoms with E-state index in [1.807, 2.05) is 12.1 Å². The highest BCUT2D eigenvalue weighted by molar-refractivity contribution is 5.88. The van der Waals surface area contributed by atoms with Crippen LogP contribution in [0, 0.1) is 0 Å². The molecule has 0 bridgehead atoms. The first kappa shape index (κ1) is 9.06. The molecule has 0 fully saturated rings. The second kappa shape index (κ2) is 3.70. The van der Waals surface area contributed by atoms with Crippen LogP contribution in [0.25, 0.3) is 0 Å². The van der Waals surface area contributed by atoms with Crippen LogP contribution in [0.2, 0.25) is 0 Å². The standard InChI is InChI=1S/C11H13NO2/c1-14-11-5-3-8-2-4-10(12-13)6-9(8)7-11/h3,5,7,13H,2,4,6H2,1H3. The fraction of sp³-hybridized carbons (Fsp3) is 0.364. The summed E-state index contributed by atoms with van der Waals surface area (Å²) in [7, 11) is 1.66. The Balaban J connectivity index is 2.34. The molecule has 1 N–H and O–H groups in total. The second-order valence-electron chi connectivity index (χ2n) is 3.48. The van der Waals surface area contributed by atoms with Gasteiger partial charge < -0.3 is 9.94 Å². The summed E-state index contributed by atoms with van der Waals surface area (Å²) in [6.45, 7) is 0.